The van der Waals surface area contributed by atoms with Gasteiger partial charge in [0.05, 0.1) is 0 Å². The van der Waals surface area contributed by atoms with Gasteiger partial charge in [-0.2, -0.15) is 0 Å². The van der Waals surface area contributed by atoms with Gasteiger partial charge in [0.25, 0.3) is 0 Å². The quantitative estimate of drug-likeness (QED) is 0.441. The third kappa shape index (κ3) is 6.45. The fraction of sp³-hybridized carbons (Fsp3) is 0.154. The van der Waals surface area contributed by atoms with E-state index < -0.39 is 12.0 Å². The van der Waals surface area contributed by atoms with Crippen molar-refractivity contribution in [3.63, 3.8) is 0 Å². The van der Waals surface area contributed by atoms with Crippen molar-refractivity contribution >= 4 is 11.9 Å². The van der Waals surface area contributed by atoms with Crippen molar-refractivity contribution in [1.82, 2.24) is 5.32 Å². The Balaban J connectivity index is 1.43. The lowest BCUT2D eigenvalue weighted by Crippen LogP contribution is -2.38. The van der Waals surface area contributed by atoms with Gasteiger partial charge in [-0.15, -0.1) is 0 Å². The molecule has 4 nitrogen and oxygen atoms in total. The number of benzene rings is 3. The van der Waals surface area contributed by atoms with Gasteiger partial charge in [0.1, 0.15) is 12.6 Å². The fourth-order valence-corrected chi connectivity index (χ4v) is 2.94. The first-order valence-corrected chi connectivity index (χ1v) is 9.94. The van der Waals surface area contributed by atoms with Crippen molar-refractivity contribution in [3.05, 3.63) is 108 Å². The molecule has 30 heavy (non-hydrogen) atoms. The highest BCUT2D eigenvalue weighted by atomic mass is 16.5. The Morgan fingerprint density at radius 1 is 0.833 bits per heavy atom. The SMILES string of the molecule is C[C@H](NC(=O)C=CCc1ccc(-c2ccccc2)cc1)C(=O)OCc1ccccc1. The smallest absolute Gasteiger partial charge is 0.328 e. The number of amides is 1. The van der Waals surface area contributed by atoms with Crippen molar-refractivity contribution in [2.75, 3.05) is 0 Å². The summed E-state index contributed by atoms with van der Waals surface area (Å²) >= 11 is 0. The van der Waals surface area contributed by atoms with E-state index in [1.807, 2.05) is 60.7 Å². The van der Waals surface area contributed by atoms with Crippen LogP contribution < -0.4 is 5.32 Å². The summed E-state index contributed by atoms with van der Waals surface area (Å²) < 4.78 is 5.23. The van der Waals surface area contributed by atoms with E-state index in [0.29, 0.717) is 6.42 Å². The molecule has 0 fully saturated rings. The maximum Gasteiger partial charge on any atom is 0.328 e. The number of carbonyl (C=O) groups is 2. The molecule has 1 amide bonds. The van der Waals surface area contributed by atoms with Crippen LogP contribution in [-0.4, -0.2) is 17.9 Å². The van der Waals surface area contributed by atoms with Crippen LogP contribution in [0.2, 0.25) is 0 Å². The largest absolute Gasteiger partial charge is 0.459 e. The van der Waals surface area contributed by atoms with Crippen LogP contribution in [-0.2, 0) is 27.4 Å². The zero-order valence-electron chi connectivity index (χ0n) is 17.0. The number of rotatable bonds is 8. The molecule has 0 bridgehead atoms. The van der Waals surface area contributed by atoms with Gasteiger partial charge in [0, 0.05) is 0 Å². The zero-order valence-corrected chi connectivity index (χ0v) is 17.0. The van der Waals surface area contributed by atoms with E-state index in [2.05, 4.69) is 29.6 Å². The predicted octanol–water partition coefficient (Wildman–Crippen LogP) is 4.70. The molecule has 4 heteroatoms. The van der Waals surface area contributed by atoms with E-state index in [0.717, 1.165) is 16.7 Å². The molecule has 0 radical (unpaired) electrons. The Labute approximate surface area is 177 Å². The minimum Gasteiger partial charge on any atom is -0.459 e. The average Bonchev–Trinajstić information content (AvgIpc) is 2.79. The molecule has 1 atom stereocenters. The fourth-order valence-electron chi connectivity index (χ4n) is 2.94. The van der Waals surface area contributed by atoms with Crippen LogP contribution in [0.4, 0.5) is 0 Å². The van der Waals surface area contributed by atoms with Gasteiger partial charge in [0.2, 0.25) is 5.91 Å². The normalized spacial score (nSPS) is 11.8. The Hall–Kier alpha value is -3.66. The van der Waals surface area contributed by atoms with Crippen LogP contribution in [0.25, 0.3) is 11.1 Å². The van der Waals surface area contributed by atoms with Gasteiger partial charge in [-0.05, 0) is 41.7 Å². The summed E-state index contributed by atoms with van der Waals surface area (Å²) in [7, 11) is 0. The number of hydrogen-bond donors (Lipinski definition) is 1. The van der Waals surface area contributed by atoms with E-state index >= 15 is 0 Å². The van der Waals surface area contributed by atoms with E-state index in [-0.39, 0.29) is 12.5 Å². The van der Waals surface area contributed by atoms with Gasteiger partial charge >= 0.3 is 5.97 Å². The summed E-state index contributed by atoms with van der Waals surface area (Å²) in [6, 6.07) is 27.1. The van der Waals surface area contributed by atoms with Crippen LogP contribution in [0.15, 0.2) is 97.1 Å². The highest BCUT2D eigenvalue weighted by Crippen LogP contribution is 2.19. The zero-order chi connectivity index (χ0) is 21.2. The molecule has 0 aliphatic rings. The molecule has 3 aromatic carbocycles. The topological polar surface area (TPSA) is 55.4 Å². The number of hydrogen-bond acceptors (Lipinski definition) is 3. The summed E-state index contributed by atoms with van der Waals surface area (Å²) in [5.74, 6) is -0.780. The Kier molecular flexibility index (Phi) is 7.56. The number of ether oxygens (including phenoxy) is 1. The number of esters is 1. The molecule has 3 aromatic rings. The highest BCUT2D eigenvalue weighted by Gasteiger charge is 2.15. The van der Waals surface area contributed by atoms with Crippen molar-refractivity contribution in [2.45, 2.75) is 26.0 Å². The third-order valence-corrected chi connectivity index (χ3v) is 4.62. The van der Waals surface area contributed by atoms with Gasteiger partial charge in [-0.25, -0.2) is 4.79 Å². The molecular weight excluding hydrogens is 374 g/mol. The molecule has 0 spiro atoms. The molecule has 152 valence electrons. The summed E-state index contributed by atoms with van der Waals surface area (Å²) in [4.78, 5) is 24.1. The number of nitrogens with one attached hydrogen (secondary N) is 1. The monoisotopic (exact) mass is 399 g/mol. The average molecular weight is 399 g/mol. The van der Waals surface area contributed by atoms with Crippen LogP contribution in [0.5, 0.6) is 0 Å². The molecule has 0 aliphatic heterocycles. The van der Waals surface area contributed by atoms with Crippen molar-refractivity contribution < 1.29 is 14.3 Å². The van der Waals surface area contributed by atoms with E-state index in [1.165, 1.54) is 11.6 Å². The van der Waals surface area contributed by atoms with E-state index in [9.17, 15) is 9.59 Å². The van der Waals surface area contributed by atoms with Crippen LogP contribution in [0.3, 0.4) is 0 Å². The Morgan fingerprint density at radius 2 is 1.43 bits per heavy atom. The molecule has 0 heterocycles. The molecule has 1 N–H and O–H groups in total. The summed E-state index contributed by atoms with van der Waals surface area (Å²) in [6.45, 7) is 1.80. The Bertz CT molecular complexity index is 980. The minimum atomic E-state index is -0.712. The van der Waals surface area contributed by atoms with E-state index in [1.54, 1.807) is 13.0 Å². The van der Waals surface area contributed by atoms with E-state index in [4.69, 9.17) is 4.74 Å². The molecule has 3 rings (SSSR count). The minimum absolute atomic E-state index is 0.189. The second-order valence-corrected chi connectivity index (χ2v) is 6.99. The van der Waals surface area contributed by atoms with Crippen molar-refractivity contribution in [1.29, 1.82) is 0 Å². The predicted molar refractivity (Wildman–Crippen MR) is 119 cm³/mol. The lowest BCUT2D eigenvalue weighted by atomic mass is 10.0. The summed E-state index contributed by atoms with van der Waals surface area (Å²) in [6.07, 6.45) is 3.87. The first-order chi connectivity index (χ1) is 14.6. The molecule has 0 aliphatic carbocycles. The van der Waals surface area contributed by atoms with Crippen LogP contribution in [0, 0.1) is 0 Å². The lowest BCUT2D eigenvalue weighted by molar-refractivity contribution is -0.148. The second kappa shape index (κ2) is 10.8. The lowest BCUT2D eigenvalue weighted by Gasteiger charge is -2.12. The molecular formula is C26H25NO3. The number of allylic oxidation sites excluding steroid dienone is 1. The maximum atomic E-state index is 12.1. The van der Waals surface area contributed by atoms with Crippen molar-refractivity contribution in [3.8, 4) is 11.1 Å². The third-order valence-electron chi connectivity index (χ3n) is 4.62. The molecule has 0 saturated heterocycles. The van der Waals surface area contributed by atoms with Crippen LogP contribution in [0.1, 0.15) is 18.1 Å². The first kappa shape index (κ1) is 21.1. The highest BCUT2D eigenvalue weighted by molar-refractivity contribution is 5.91. The van der Waals surface area contributed by atoms with Gasteiger partial charge in [0.15, 0.2) is 0 Å². The van der Waals surface area contributed by atoms with Crippen molar-refractivity contribution in [2.24, 2.45) is 0 Å². The summed E-state index contributed by atoms with van der Waals surface area (Å²) in [5, 5.41) is 2.63. The standard InChI is InChI=1S/C26H25NO3/c1-20(26(29)30-19-22-9-4-2-5-10-22)27-25(28)14-8-11-21-15-17-24(18-16-21)23-12-6-3-7-13-23/h2-10,12-18,20H,11,19H2,1H3,(H,27,28)/t20-/m0/s1. The van der Waals surface area contributed by atoms with Gasteiger partial charge in [-0.3, -0.25) is 4.79 Å². The van der Waals surface area contributed by atoms with Gasteiger partial charge in [-0.1, -0.05) is 91.0 Å². The Morgan fingerprint density at radius 3 is 2.10 bits per heavy atom. The maximum absolute atomic E-state index is 12.1. The second-order valence-electron chi connectivity index (χ2n) is 6.99. The molecule has 0 aromatic heterocycles. The molecule has 0 saturated carbocycles. The first-order valence-electron chi connectivity index (χ1n) is 9.94. The number of carbonyl (C=O) groups excluding carboxylic acids is 2. The summed E-state index contributed by atoms with van der Waals surface area (Å²) in [5.41, 5.74) is 4.34. The molecule has 0 unspecified atom stereocenters. The van der Waals surface area contributed by atoms with Crippen LogP contribution >= 0.6 is 0 Å². The van der Waals surface area contributed by atoms with Gasteiger partial charge < -0.3 is 10.1 Å².